The monoisotopic (exact) mass is 447 g/mol. The van der Waals surface area contributed by atoms with Gasteiger partial charge in [-0.3, -0.25) is 14.7 Å². The lowest BCUT2D eigenvalue weighted by molar-refractivity contribution is -0.122. The molecule has 1 atom stereocenters. The van der Waals surface area contributed by atoms with E-state index < -0.39 is 6.67 Å². The molecule has 32 heavy (non-hydrogen) atoms. The number of halogens is 1. The molecule has 1 aliphatic carbocycles. The van der Waals surface area contributed by atoms with Gasteiger partial charge in [-0.15, -0.1) is 0 Å². The molecule has 2 aliphatic heterocycles. The van der Waals surface area contributed by atoms with Crippen LogP contribution in [-0.2, 0) is 9.53 Å². The molecule has 178 valence electrons. The van der Waals surface area contributed by atoms with Crippen LogP contribution < -0.4 is 16.8 Å². The number of nitrogens with two attached hydrogens (primary N) is 2. The van der Waals surface area contributed by atoms with Crippen molar-refractivity contribution in [2.75, 3.05) is 32.9 Å². The Labute approximate surface area is 190 Å². The molecule has 0 spiro atoms. The maximum atomic E-state index is 12.8. The van der Waals surface area contributed by atoms with Crippen LogP contribution in [0.25, 0.3) is 0 Å². The molecule has 1 amide bonds. The number of rotatable bonds is 8. The first-order valence-corrected chi connectivity index (χ1v) is 11.7. The molecule has 0 aromatic carbocycles. The molecular formula is C24H38FN5O2. The molecule has 5 N–H and O–H groups in total. The number of amidine groups is 1. The zero-order chi connectivity index (χ0) is 23.1. The quantitative estimate of drug-likeness (QED) is 0.229. The van der Waals surface area contributed by atoms with Crippen molar-refractivity contribution in [2.45, 2.75) is 64.1 Å². The van der Waals surface area contributed by atoms with Gasteiger partial charge in [-0.25, -0.2) is 4.39 Å². The Kier molecular flexibility index (Phi) is 8.87. The van der Waals surface area contributed by atoms with Gasteiger partial charge in [0.1, 0.15) is 19.1 Å². The van der Waals surface area contributed by atoms with E-state index in [1.807, 2.05) is 0 Å². The van der Waals surface area contributed by atoms with E-state index in [1.165, 1.54) is 25.7 Å². The second-order valence-corrected chi connectivity index (χ2v) is 9.29. The lowest BCUT2D eigenvalue weighted by atomic mass is 9.80. The Hall–Kier alpha value is -2.19. The average Bonchev–Trinajstić information content (AvgIpc) is 2.78. The van der Waals surface area contributed by atoms with E-state index in [4.69, 9.17) is 16.2 Å². The number of ether oxygens (including phenoxy) is 1. The third-order valence-corrected chi connectivity index (χ3v) is 6.70. The first kappa shape index (κ1) is 24.5. The van der Waals surface area contributed by atoms with Crippen LogP contribution in [0.1, 0.15) is 46.0 Å². The number of aliphatic imine (C=N–C) groups is 1. The summed E-state index contributed by atoms with van der Waals surface area (Å²) in [6.07, 6.45) is 12.2. The van der Waals surface area contributed by atoms with Crippen LogP contribution in [0.4, 0.5) is 4.39 Å². The van der Waals surface area contributed by atoms with E-state index >= 15 is 0 Å². The number of nitrogens with one attached hydrogen (secondary N) is 1. The van der Waals surface area contributed by atoms with Crippen molar-refractivity contribution in [3.8, 4) is 0 Å². The summed E-state index contributed by atoms with van der Waals surface area (Å²) in [5.74, 6) is 0.664. The third kappa shape index (κ3) is 6.65. The lowest BCUT2D eigenvalue weighted by Crippen LogP contribution is -2.62. The van der Waals surface area contributed by atoms with E-state index in [9.17, 15) is 9.18 Å². The maximum Gasteiger partial charge on any atom is 0.242 e. The second-order valence-electron chi connectivity index (χ2n) is 9.29. The van der Waals surface area contributed by atoms with Gasteiger partial charge in [0.2, 0.25) is 5.91 Å². The van der Waals surface area contributed by atoms with Gasteiger partial charge in [-0.1, -0.05) is 12.2 Å². The number of hydrogen-bond donors (Lipinski definition) is 3. The number of carbonyl (C=O) groups excluding carboxylic acids is 1. The Morgan fingerprint density at radius 2 is 1.94 bits per heavy atom. The van der Waals surface area contributed by atoms with Crippen molar-refractivity contribution >= 4 is 11.7 Å². The second kappa shape index (κ2) is 11.6. The summed E-state index contributed by atoms with van der Waals surface area (Å²) in [7, 11) is 0. The molecule has 8 heteroatoms. The molecule has 1 unspecified atom stereocenters. The number of hydrogen-bond acceptors (Lipinski definition) is 5. The first-order chi connectivity index (χ1) is 15.4. The van der Waals surface area contributed by atoms with Gasteiger partial charge < -0.3 is 21.5 Å². The highest BCUT2D eigenvalue weighted by atomic mass is 19.1. The van der Waals surface area contributed by atoms with E-state index in [-0.39, 0.29) is 24.3 Å². The molecule has 2 fully saturated rings. The van der Waals surface area contributed by atoms with E-state index in [2.05, 4.69) is 27.4 Å². The number of allylic oxidation sites excluding steroid dienone is 2. The van der Waals surface area contributed by atoms with Crippen LogP contribution in [0.3, 0.4) is 0 Å². The summed E-state index contributed by atoms with van der Waals surface area (Å²) in [5.41, 5.74) is 13.2. The van der Waals surface area contributed by atoms with E-state index in [1.54, 1.807) is 19.9 Å². The molecule has 1 saturated heterocycles. The molecule has 0 radical (unpaired) electrons. The average molecular weight is 448 g/mol. The van der Waals surface area contributed by atoms with Crippen molar-refractivity contribution in [1.82, 2.24) is 10.2 Å². The van der Waals surface area contributed by atoms with Crippen LogP contribution >= 0.6 is 0 Å². The molecule has 1 saturated carbocycles. The molecule has 3 aliphatic rings. The van der Waals surface area contributed by atoms with Gasteiger partial charge in [-0.05, 0) is 63.5 Å². The normalized spacial score (nSPS) is 28.8. The predicted molar refractivity (Wildman–Crippen MR) is 126 cm³/mol. The minimum absolute atomic E-state index is 0.0669. The fourth-order valence-electron chi connectivity index (χ4n) is 4.80. The van der Waals surface area contributed by atoms with Gasteiger partial charge in [0.15, 0.2) is 0 Å². The minimum Gasteiger partial charge on any atom is -0.402 e. The summed E-state index contributed by atoms with van der Waals surface area (Å²) in [5, 5.41) is 3.03. The summed E-state index contributed by atoms with van der Waals surface area (Å²) >= 11 is 0. The molecular weight excluding hydrogens is 409 g/mol. The van der Waals surface area contributed by atoms with Crippen LogP contribution in [0, 0.1) is 5.92 Å². The van der Waals surface area contributed by atoms with Crippen molar-refractivity contribution in [2.24, 2.45) is 22.4 Å². The van der Waals surface area contributed by atoms with Crippen LogP contribution in [-0.4, -0.2) is 67.7 Å². The third-order valence-electron chi connectivity index (χ3n) is 6.70. The van der Waals surface area contributed by atoms with Gasteiger partial charge in [0, 0.05) is 30.4 Å². The van der Waals surface area contributed by atoms with Crippen LogP contribution in [0.15, 0.2) is 40.1 Å². The Morgan fingerprint density at radius 3 is 2.53 bits per heavy atom. The topological polar surface area (TPSA) is 106 Å². The number of amides is 1. The van der Waals surface area contributed by atoms with E-state index in [0.717, 1.165) is 26.1 Å². The number of carbonyl (C=O) groups is 1. The zero-order valence-corrected chi connectivity index (χ0v) is 19.4. The first-order valence-electron chi connectivity index (χ1n) is 11.7. The van der Waals surface area contributed by atoms with E-state index in [0.29, 0.717) is 34.9 Å². The van der Waals surface area contributed by atoms with Gasteiger partial charge >= 0.3 is 0 Å². The number of alkyl halides is 1. The van der Waals surface area contributed by atoms with Crippen molar-refractivity contribution < 1.29 is 13.9 Å². The van der Waals surface area contributed by atoms with Crippen LogP contribution in [0.2, 0.25) is 0 Å². The fraction of sp³-hybridized carbons (Fsp3) is 0.667. The molecule has 0 aromatic rings. The summed E-state index contributed by atoms with van der Waals surface area (Å²) < 4.78 is 18.7. The Bertz CT molecular complexity index is 773. The molecule has 3 rings (SSSR count). The van der Waals surface area contributed by atoms with Gasteiger partial charge in [0.25, 0.3) is 0 Å². The zero-order valence-electron chi connectivity index (χ0n) is 19.4. The standard InChI is InChI=1S/C24H38FN5O2/c1-16(12-25)11-21(17(2)26)24(27)28-13-23(31)29-19-14-30(15-19)20-8-6-18(7-9-20)22-5-3-4-10-32-22/h3-4,11,18-20,22H,5-10,12-15,26H2,1-2H3,(H2,27,28)(H,29,31)/b16-11+,21-17-. The largest absolute Gasteiger partial charge is 0.402 e. The smallest absolute Gasteiger partial charge is 0.242 e. The molecule has 0 bridgehead atoms. The van der Waals surface area contributed by atoms with Crippen molar-refractivity contribution in [1.29, 1.82) is 0 Å². The summed E-state index contributed by atoms with van der Waals surface area (Å²) in [6.45, 7) is 5.20. The number of likely N-dealkylation sites (tertiary alicyclic amines) is 1. The van der Waals surface area contributed by atoms with Gasteiger partial charge in [0.05, 0.1) is 18.8 Å². The highest BCUT2D eigenvalue weighted by molar-refractivity contribution is 6.01. The number of nitrogens with zero attached hydrogens (tertiary/aromatic N) is 2. The SMILES string of the molecule is C/C(N)=C(\C=C(/C)CF)C(N)=NCC(=O)NC1CN(C2CCC(C3CC=CCO3)CC2)C1. The summed E-state index contributed by atoms with van der Waals surface area (Å²) in [6, 6.07) is 0.765. The molecule has 2 heterocycles. The molecule has 0 aromatic heterocycles. The van der Waals surface area contributed by atoms with Crippen molar-refractivity contribution in [3.63, 3.8) is 0 Å². The lowest BCUT2D eigenvalue weighted by Gasteiger charge is -2.47. The maximum absolute atomic E-state index is 12.8. The Morgan fingerprint density at radius 1 is 1.22 bits per heavy atom. The fourth-order valence-corrected chi connectivity index (χ4v) is 4.80. The molecule has 7 nitrogen and oxygen atoms in total. The van der Waals surface area contributed by atoms with Crippen molar-refractivity contribution in [3.05, 3.63) is 35.1 Å². The highest BCUT2D eigenvalue weighted by Crippen LogP contribution is 2.34. The summed E-state index contributed by atoms with van der Waals surface area (Å²) in [4.78, 5) is 18.9. The Balaban J connectivity index is 1.38. The highest BCUT2D eigenvalue weighted by Gasteiger charge is 2.36. The minimum atomic E-state index is -0.587. The van der Waals surface area contributed by atoms with Gasteiger partial charge in [-0.2, -0.15) is 0 Å². The predicted octanol–water partition coefficient (Wildman–Crippen LogP) is 2.20. The van der Waals surface area contributed by atoms with Crippen LogP contribution in [0.5, 0.6) is 0 Å².